The molecule has 1 fully saturated rings. The Morgan fingerprint density at radius 2 is 1.95 bits per heavy atom. The standard InChI is InChI=1S/C17H27NO/c1-17(2,11-6-12-19)13-18-16(15-9-10-15)14-7-4-3-5-8-14/h3-5,7-8,15-16,18-19H,6,9-13H2,1-2H3. The lowest BCUT2D eigenvalue weighted by Crippen LogP contribution is -2.33. The first-order valence-electron chi connectivity index (χ1n) is 7.51. The van der Waals surface area contributed by atoms with Crippen molar-refractivity contribution in [3.05, 3.63) is 35.9 Å². The van der Waals surface area contributed by atoms with Gasteiger partial charge in [0.2, 0.25) is 0 Å². The van der Waals surface area contributed by atoms with Gasteiger partial charge >= 0.3 is 0 Å². The number of aliphatic hydroxyl groups excluding tert-OH is 1. The molecule has 106 valence electrons. The van der Waals surface area contributed by atoms with E-state index in [1.807, 2.05) is 0 Å². The quantitative estimate of drug-likeness (QED) is 0.750. The molecule has 0 aromatic heterocycles. The lowest BCUT2D eigenvalue weighted by atomic mass is 9.87. The van der Waals surface area contributed by atoms with E-state index in [1.165, 1.54) is 18.4 Å². The number of nitrogens with one attached hydrogen (secondary N) is 1. The zero-order valence-corrected chi connectivity index (χ0v) is 12.2. The molecule has 0 amide bonds. The third kappa shape index (κ3) is 4.63. The van der Waals surface area contributed by atoms with E-state index >= 15 is 0 Å². The van der Waals surface area contributed by atoms with Crippen molar-refractivity contribution in [3.63, 3.8) is 0 Å². The zero-order chi connectivity index (χ0) is 13.7. The fourth-order valence-corrected chi connectivity index (χ4v) is 2.68. The van der Waals surface area contributed by atoms with Crippen LogP contribution in [0, 0.1) is 11.3 Å². The summed E-state index contributed by atoms with van der Waals surface area (Å²) >= 11 is 0. The molecule has 1 aliphatic carbocycles. The van der Waals surface area contributed by atoms with Gasteiger partial charge in [0.25, 0.3) is 0 Å². The Bertz CT molecular complexity index is 370. The van der Waals surface area contributed by atoms with Crippen LogP contribution in [-0.2, 0) is 0 Å². The predicted octanol–water partition coefficient (Wildman–Crippen LogP) is 3.53. The fraction of sp³-hybridized carbons (Fsp3) is 0.647. The summed E-state index contributed by atoms with van der Waals surface area (Å²) < 4.78 is 0. The Balaban J connectivity index is 1.91. The lowest BCUT2D eigenvalue weighted by molar-refractivity contribution is 0.229. The summed E-state index contributed by atoms with van der Waals surface area (Å²) in [6.45, 7) is 5.88. The second-order valence-corrected chi connectivity index (χ2v) is 6.60. The summed E-state index contributed by atoms with van der Waals surface area (Å²) in [5, 5.41) is 12.7. The minimum Gasteiger partial charge on any atom is -0.396 e. The molecule has 1 aromatic carbocycles. The van der Waals surface area contributed by atoms with Crippen LogP contribution in [0.25, 0.3) is 0 Å². The molecule has 0 saturated heterocycles. The molecule has 0 heterocycles. The Kier molecular flexibility index (Phi) is 5.00. The van der Waals surface area contributed by atoms with Gasteiger partial charge < -0.3 is 10.4 Å². The molecule has 2 rings (SSSR count). The second-order valence-electron chi connectivity index (χ2n) is 6.60. The molecule has 2 heteroatoms. The second kappa shape index (κ2) is 6.53. The number of hydrogen-bond acceptors (Lipinski definition) is 2. The highest BCUT2D eigenvalue weighted by Crippen LogP contribution is 2.41. The minimum atomic E-state index is 0.255. The van der Waals surface area contributed by atoms with Crippen LogP contribution in [0.15, 0.2) is 30.3 Å². The van der Waals surface area contributed by atoms with Crippen molar-refractivity contribution in [1.82, 2.24) is 5.32 Å². The molecule has 1 aromatic rings. The molecule has 1 atom stereocenters. The van der Waals surface area contributed by atoms with E-state index in [2.05, 4.69) is 49.5 Å². The van der Waals surface area contributed by atoms with E-state index in [1.54, 1.807) is 0 Å². The number of benzene rings is 1. The zero-order valence-electron chi connectivity index (χ0n) is 12.2. The average molecular weight is 261 g/mol. The van der Waals surface area contributed by atoms with E-state index in [4.69, 9.17) is 5.11 Å². The third-order valence-electron chi connectivity index (χ3n) is 4.06. The van der Waals surface area contributed by atoms with Gasteiger partial charge in [0.1, 0.15) is 0 Å². The van der Waals surface area contributed by atoms with Crippen molar-refractivity contribution in [2.75, 3.05) is 13.2 Å². The molecule has 0 radical (unpaired) electrons. The highest BCUT2D eigenvalue weighted by Gasteiger charge is 2.33. The Morgan fingerprint density at radius 1 is 1.26 bits per heavy atom. The summed E-state index contributed by atoms with van der Waals surface area (Å²) in [7, 11) is 0. The van der Waals surface area contributed by atoms with Crippen molar-refractivity contribution in [2.24, 2.45) is 11.3 Å². The summed E-state index contributed by atoms with van der Waals surface area (Å²) in [5.41, 5.74) is 1.67. The molecular formula is C17H27NO. The third-order valence-corrected chi connectivity index (χ3v) is 4.06. The molecule has 1 unspecified atom stereocenters. The molecular weight excluding hydrogens is 234 g/mol. The fourth-order valence-electron chi connectivity index (χ4n) is 2.68. The number of rotatable bonds is 8. The average Bonchev–Trinajstić information content (AvgIpc) is 3.22. The molecule has 0 spiro atoms. The molecule has 1 aliphatic rings. The SMILES string of the molecule is CC(C)(CCCO)CNC(c1ccccc1)C1CC1. The van der Waals surface area contributed by atoms with Crippen molar-refractivity contribution >= 4 is 0 Å². The van der Waals surface area contributed by atoms with E-state index in [0.717, 1.165) is 25.3 Å². The molecule has 0 aliphatic heterocycles. The van der Waals surface area contributed by atoms with Gasteiger partial charge in [-0.15, -0.1) is 0 Å². The van der Waals surface area contributed by atoms with Crippen LogP contribution in [0.1, 0.15) is 51.1 Å². The van der Waals surface area contributed by atoms with Gasteiger partial charge in [-0.25, -0.2) is 0 Å². The number of hydrogen-bond donors (Lipinski definition) is 2. The summed E-state index contributed by atoms with van der Waals surface area (Å²) in [6, 6.07) is 11.3. The van der Waals surface area contributed by atoms with Crippen molar-refractivity contribution < 1.29 is 5.11 Å². The maximum atomic E-state index is 8.96. The molecule has 1 saturated carbocycles. The van der Waals surface area contributed by atoms with Gasteiger partial charge in [-0.05, 0) is 42.6 Å². The highest BCUT2D eigenvalue weighted by molar-refractivity contribution is 5.21. The lowest BCUT2D eigenvalue weighted by Gasteiger charge is -2.28. The summed E-state index contributed by atoms with van der Waals surface area (Å²) in [5.74, 6) is 0.816. The summed E-state index contributed by atoms with van der Waals surface area (Å²) in [6.07, 6.45) is 4.67. The Morgan fingerprint density at radius 3 is 2.53 bits per heavy atom. The monoisotopic (exact) mass is 261 g/mol. The first kappa shape index (κ1) is 14.5. The smallest absolute Gasteiger partial charge is 0.0431 e. The maximum Gasteiger partial charge on any atom is 0.0431 e. The van der Waals surface area contributed by atoms with Gasteiger partial charge in [-0.3, -0.25) is 0 Å². The van der Waals surface area contributed by atoms with E-state index in [-0.39, 0.29) is 5.41 Å². The van der Waals surface area contributed by atoms with Crippen molar-refractivity contribution in [2.45, 2.75) is 45.6 Å². The first-order valence-corrected chi connectivity index (χ1v) is 7.51. The van der Waals surface area contributed by atoms with Crippen molar-refractivity contribution in [3.8, 4) is 0 Å². The highest BCUT2D eigenvalue weighted by atomic mass is 16.2. The van der Waals surface area contributed by atoms with Crippen LogP contribution in [-0.4, -0.2) is 18.3 Å². The van der Waals surface area contributed by atoms with Crippen LogP contribution < -0.4 is 5.32 Å². The first-order chi connectivity index (χ1) is 9.12. The maximum absolute atomic E-state index is 8.96. The molecule has 19 heavy (non-hydrogen) atoms. The molecule has 2 nitrogen and oxygen atoms in total. The Labute approximate surface area is 117 Å². The van der Waals surface area contributed by atoms with Gasteiger partial charge in [-0.1, -0.05) is 44.2 Å². The molecule has 0 bridgehead atoms. The topological polar surface area (TPSA) is 32.3 Å². The van der Waals surface area contributed by atoms with E-state index in [9.17, 15) is 0 Å². The van der Waals surface area contributed by atoms with Crippen LogP contribution >= 0.6 is 0 Å². The van der Waals surface area contributed by atoms with Gasteiger partial charge in [0.15, 0.2) is 0 Å². The number of aliphatic hydroxyl groups is 1. The van der Waals surface area contributed by atoms with Crippen LogP contribution in [0.4, 0.5) is 0 Å². The Hall–Kier alpha value is -0.860. The van der Waals surface area contributed by atoms with Gasteiger partial charge in [-0.2, -0.15) is 0 Å². The summed E-state index contributed by atoms with van der Waals surface area (Å²) in [4.78, 5) is 0. The molecule has 2 N–H and O–H groups in total. The van der Waals surface area contributed by atoms with Crippen LogP contribution in [0.3, 0.4) is 0 Å². The van der Waals surface area contributed by atoms with Gasteiger partial charge in [0, 0.05) is 19.2 Å². The van der Waals surface area contributed by atoms with E-state index in [0.29, 0.717) is 12.6 Å². The van der Waals surface area contributed by atoms with E-state index < -0.39 is 0 Å². The predicted molar refractivity (Wildman–Crippen MR) is 80.0 cm³/mol. The van der Waals surface area contributed by atoms with Crippen LogP contribution in [0.5, 0.6) is 0 Å². The normalized spacial score (nSPS) is 17.4. The van der Waals surface area contributed by atoms with Crippen molar-refractivity contribution in [1.29, 1.82) is 0 Å². The minimum absolute atomic E-state index is 0.255. The van der Waals surface area contributed by atoms with Gasteiger partial charge in [0.05, 0.1) is 0 Å². The van der Waals surface area contributed by atoms with Crippen LogP contribution in [0.2, 0.25) is 0 Å². The largest absolute Gasteiger partial charge is 0.396 e.